The lowest BCUT2D eigenvalue weighted by atomic mass is 9.98. The van der Waals surface area contributed by atoms with Gasteiger partial charge in [0.25, 0.3) is 0 Å². The van der Waals surface area contributed by atoms with E-state index in [1.807, 2.05) is 13.0 Å². The highest BCUT2D eigenvalue weighted by Crippen LogP contribution is 2.17. The maximum absolute atomic E-state index is 3.92. The first-order valence-corrected chi connectivity index (χ1v) is 7.24. The van der Waals surface area contributed by atoms with Crippen LogP contribution in [0.15, 0.2) is 72.9 Å². The summed E-state index contributed by atoms with van der Waals surface area (Å²) < 4.78 is 0. The highest BCUT2D eigenvalue weighted by molar-refractivity contribution is 5.33. The molecule has 0 N–H and O–H groups in total. The van der Waals surface area contributed by atoms with Crippen LogP contribution < -0.4 is 0 Å². The molecule has 0 heterocycles. The number of hydrogen-bond donors (Lipinski definition) is 0. The van der Waals surface area contributed by atoms with Gasteiger partial charge in [-0.15, -0.1) is 0 Å². The summed E-state index contributed by atoms with van der Waals surface area (Å²) in [4.78, 5) is 0. The van der Waals surface area contributed by atoms with Gasteiger partial charge >= 0.3 is 0 Å². The molecule has 1 aromatic rings. The molecule has 1 aromatic carbocycles. The first kappa shape index (κ1) is 16.2. The summed E-state index contributed by atoms with van der Waals surface area (Å²) >= 11 is 0. The third-order valence-corrected chi connectivity index (χ3v) is 3.18. The zero-order valence-electron chi connectivity index (χ0n) is 13.0. The van der Waals surface area contributed by atoms with Crippen LogP contribution >= 0.6 is 0 Å². The lowest BCUT2D eigenvalue weighted by molar-refractivity contribution is 0.865. The van der Waals surface area contributed by atoms with Crippen molar-refractivity contribution >= 4 is 0 Å². The molecule has 0 unspecified atom stereocenters. The van der Waals surface area contributed by atoms with E-state index in [1.165, 1.54) is 22.3 Å². The summed E-state index contributed by atoms with van der Waals surface area (Å²) in [6, 6.07) is 8.89. The maximum atomic E-state index is 3.92. The standard InChI is InChI=1S/C20H26/c1-6-8-18(10-7-9-16(2)3)15-19-11-13-20(14-12-19)17(4)5/h6-8,10-14,17H,1-2,9,15H2,3-5H3/b10-7-,18-8+. The zero-order valence-corrected chi connectivity index (χ0v) is 13.0. The SMILES string of the molecule is C=C/C=C(\C=C/CC(=C)C)Cc1ccc(C(C)C)cc1. The Hall–Kier alpha value is -1.82. The highest BCUT2D eigenvalue weighted by atomic mass is 14.1. The Morgan fingerprint density at radius 3 is 2.35 bits per heavy atom. The van der Waals surface area contributed by atoms with Crippen LogP contribution in [0, 0.1) is 0 Å². The molecule has 0 amide bonds. The molecule has 0 aromatic heterocycles. The van der Waals surface area contributed by atoms with Gasteiger partial charge in [-0.2, -0.15) is 0 Å². The van der Waals surface area contributed by atoms with Crippen LogP contribution in [0.25, 0.3) is 0 Å². The Bertz CT molecular complexity index is 495. The van der Waals surface area contributed by atoms with Crippen molar-refractivity contribution < 1.29 is 0 Å². The summed E-state index contributed by atoms with van der Waals surface area (Å²) in [5, 5.41) is 0. The van der Waals surface area contributed by atoms with Gasteiger partial charge in [0.15, 0.2) is 0 Å². The first-order valence-electron chi connectivity index (χ1n) is 7.24. The van der Waals surface area contributed by atoms with Gasteiger partial charge in [0.1, 0.15) is 0 Å². The van der Waals surface area contributed by atoms with Crippen LogP contribution in [-0.4, -0.2) is 0 Å². The molecule has 0 aliphatic carbocycles. The summed E-state index contributed by atoms with van der Waals surface area (Å²) in [7, 11) is 0. The number of hydrogen-bond acceptors (Lipinski definition) is 0. The molecule has 0 nitrogen and oxygen atoms in total. The molecule has 0 atom stereocenters. The predicted molar refractivity (Wildman–Crippen MR) is 91.1 cm³/mol. The molecule has 0 saturated heterocycles. The monoisotopic (exact) mass is 266 g/mol. The van der Waals surface area contributed by atoms with Crippen LogP contribution in [0.3, 0.4) is 0 Å². The molecule has 0 bridgehead atoms. The van der Waals surface area contributed by atoms with Crippen molar-refractivity contribution in [2.24, 2.45) is 0 Å². The molecule has 0 aliphatic rings. The van der Waals surface area contributed by atoms with Crippen LogP contribution in [0.1, 0.15) is 44.2 Å². The van der Waals surface area contributed by atoms with Crippen molar-refractivity contribution in [3.63, 3.8) is 0 Å². The van der Waals surface area contributed by atoms with Gasteiger partial charge in [-0.1, -0.05) is 81.1 Å². The van der Waals surface area contributed by atoms with Gasteiger partial charge in [0.05, 0.1) is 0 Å². The zero-order chi connectivity index (χ0) is 15.0. The Labute approximate surface area is 124 Å². The molecule has 106 valence electrons. The van der Waals surface area contributed by atoms with E-state index in [4.69, 9.17) is 0 Å². The second-order valence-electron chi connectivity index (χ2n) is 5.61. The summed E-state index contributed by atoms with van der Waals surface area (Å²) in [6.45, 7) is 14.2. The topological polar surface area (TPSA) is 0 Å². The molecule has 0 fully saturated rings. The highest BCUT2D eigenvalue weighted by Gasteiger charge is 2.00. The fourth-order valence-corrected chi connectivity index (χ4v) is 1.99. The van der Waals surface area contributed by atoms with Crippen LogP contribution in [-0.2, 0) is 6.42 Å². The Balaban J connectivity index is 2.75. The van der Waals surface area contributed by atoms with Crippen LogP contribution in [0.2, 0.25) is 0 Å². The normalized spacial score (nSPS) is 12.1. The number of benzene rings is 1. The van der Waals surface area contributed by atoms with E-state index in [0.717, 1.165) is 12.8 Å². The third-order valence-electron chi connectivity index (χ3n) is 3.18. The summed E-state index contributed by atoms with van der Waals surface area (Å²) in [5.41, 5.74) is 5.18. The molecular weight excluding hydrogens is 240 g/mol. The van der Waals surface area contributed by atoms with E-state index in [0.29, 0.717) is 5.92 Å². The van der Waals surface area contributed by atoms with Gasteiger partial charge < -0.3 is 0 Å². The van der Waals surface area contributed by atoms with Crippen LogP contribution in [0.5, 0.6) is 0 Å². The minimum Gasteiger partial charge on any atom is -0.0998 e. The second-order valence-corrected chi connectivity index (χ2v) is 5.61. The van der Waals surface area contributed by atoms with Crippen molar-refractivity contribution in [2.45, 2.75) is 39.5 Å². The quantitative estimate of drug-likeness (QED) is 0.420. The average Bonchev–Trinajstić information content (AvgIpc) is 2.39. The van der Waals surface area contributed by atoms with Gasteiger partial charge in [0.2, 0.25) is 0 Å². The van der Waals surface area contributed by atoms with Gasteiger partial charge in [-0.3, -0.25) is 0 Å². The molecule has 0 heteroatoms. The van der Waals surface area contributed by atoms with E-state index < -0.39 is 0 Å². The molecule has 1 rings (SSSR count). The molecule has 20 heavy (non-hydrogen) atoms. The summed E-state index contributed by atoms with van der Waals surface area (Å²) in [5.74, 6) is 0.586. The predicted octanol–water partition coefficient (Wildman–Crippen LogP) is 5.99. The van der Waals surface area contributed by atoms with E-state index in [1.54, 1.807) is 0 Å². The van der Waals surface area contributed by atoms with E-state index >= 15 is 0 Å². The molecule has 0 radical (unpaired) electrons. The Morgan fingerprint density at radius 1 is 1.20 bits per heavy atom. The molecule has 0 saturated carbocycles. The largest absolute Gasteiger partial charge is 0.0998 e. The number of rotatable bonds is 7. The average molecular weight is 266 g/mol. The van der Waals surface area contributed by atoms with Crippen LogP contribution in [0.4, 0.5) is 0 Å². The first-order chi connectivity index (χ1) is 9.52. The third kappa shape index (κ3) is 5.88. The second kappa shape index (κ2) is 8.37. The van der Waals surface area contributed by atoms with Crippen molar-refractivity contribution in [3.05, 3.63) is 84.0 Å². The van der Waals surface area contributed by atoms with Gasteiger partial charge in [-0.05, 0) is 42.4 Å². The van der Waals surface area contributed by atoms with E-state index in [-0.39, 0.29) is 0 Å². The van der Waals surface area contributed by atoms with Crippen molar-refractivity contribution in [1.82, 2.24) is 0 Å². The molecule has 0 aliphatic heterocycles. The van der Waals surface area contributed by atoms with E-state index in [9.17, 15) is 0 Å². The number of allylic oxidation sites excluding steroid dienone is 6. The van der Waals surface area contributed by atoms with Crippen molar-refractivity contribution in [1.29, 1.82) is 0 Å². The molecule has 0 spiro atoms. The van der Waals surface area contributed by atoms with Gasteiger partial charge in [-0.25, -0.2) is 0 Å². The fourth-order valence-electron chi connectivity index (χ4n) is 1.99. The fraction of sp³-hybridized carbons (Fsp3) is 0.300. The minimum absolute atomic E-state index is 0.586. The maximum Gasteiger partial charge on any atom is -0.00259 e. The van der Waals surface area contributed by atoms with E-state index in [2.05, 4.69) is 69.5 Å². The lowest BCUT2D eigenvalue weighted by Gasteiger charge is -2.07. The lowest BCUT2D eigenvalue weighted by Crippen LogP contribution is -1.91. The van der Waals surface area contributed by atoms with Crippen molar-refractivity contribution in [3.8, 4) is 0 Å². The van der Waals surface area contributed by atoms with Gasteiger partial charge in [0, 0.05) is 0 Å². The smallest absolute Gasteiger partial charge is 0.00259 e. The molecular formula is C20H26. The Kier molecular flexibility index (Phi) is 6.79. The van der Waals surface area contributed by atoms with Crippen molar-refractivity contribution in [2.75, 3.05) is 0 Å². The Morgan fingerprint density at radius 2 is 1.85 bits per heavy atom. The minimum atomic E-state index is 0.586. The summed E-state index contributed by atoms with van der Waals surface area (Å²) in [6.07, 6.45) is 10.1.